The second-order valence-electron chi connectivity index (χ2n) is 13.4. The van der Waals surface area contributed by atoms with Crippen LogP contribution in [0.15, 0.2) is 0 Å². The summed E-state index contributed by atoms with van der Waals surface area (Å²) in [5.41, 5.74) is -0.419. The highest BCUT2D eigenvalue weighted by Crippen LogP contribution is 2.70. The van der Waals surface area contributed by atoms with Gasteiger partial charge in [-0.1, -0.05) is 69.8 Å². The number of carbonyl (C=O) groups is 1. The summed E-state index contributed by atoms with van der Waals surface area (Å²) in [5.74, 6) is 4.36. The molecule has 0 amide bonds. The van der Waals surface area contributed by atoms with Crippen LogP contribution in [0, 0.1) is 46.3 Å². The third-order valence-corrected chi connectivity index (χ3v) is 12.4. The highest BCUT2D eigenvalue weighted by atomic mass is 79.9. The molecule has 4 rings (SSSR count). The van der Waals surface area contributed by atoms with Crippen molar-refractivity contribution < 1.29 is 14.6 Å². The van der Waals surface area contributed by atoms with Crippen LogP contribution < -0.4 is 0 Å². The fraction of sp³-hybridized carbons (Fsp3) is 0.966. The highest BCUT2D eigenvalue weighted by Gasteiger charge is 2.67. The molecule has 4 aliphatic rings. The number of aliphatic hydroxyl groups is 1. The molecule has 10 unspecified atom stereocenters. The van der Waals surface area contributed by atoms with Gasteiger partial charge in [0.25, 0.3) is 0 Å². The minimum atomic E-state index is -0.789. The molecule has 4 aliphatic carbocycles. The lowest BCUT2D eigenvalue weighted by atomic mass is 9.43. The first-order chi connectivity index (χ1) is 15.4. The van der Waals surface area contributed by atoms with Crippen LogP contribution in [0.1, 0.15) is 112 Å². The molecular formula is C29H49BrO3. The second-order valence-corrected chi connectivity index (χ2v) is 14.5. The third-order valence-electron chi connectivity index (χ3n) is 11.3. The largest absolute Gasteiger partial charge is 0.462 e. The average Bonchev–Trinajstić information content (AvgIpc) is 3.07. The molecule has 0 aromatic rings. The van der Waals surface area contributed by atoms with Gasteiger partial charge in [0, 0.05) is 23.6 Å². The number of esters is 1. The van der Waals surface area contributed by atoms with Gasteiger partial charge < -0.3 is 9.84 Å². The zero-order chi connectivity index (χ0) is 24.2. The number of rotatable bonds is 6. The van der Waals surface area contributed by atoms with E-state index in [0.717, 1.165) is 42.9 Å². The Balaban J connectivity index is 1.51. The Morgan fingerprint density at radius 1 is 1.06 bits per heavy atom. The van der Waals surface area contributed by atoms with Crippen molar-refractivity contribution in [3.63, 3.8) is 0 Å². The van der Waals surface area contributed by atoms with Gasteiger partial charge in [-0.3, -0.25) is 4.79 Å². The first-order valence-electron chi connectivity index (χ1n) is 14.0. The Kier molecular flexibility index (Phi) is 7.41. The minimum absolute atomic E-state index is 0.0828. The van der Waals surface area contributed by atoms with E-state index in [1.165, 1.54) is 51.9 Å². The molecule has 0 aromatic carbocycles. The van der Waals surface area contributed by atoms with Crippen LogP contribution in [0.5, 0.6) is 0 Å². The summed E-state index contributed by atoms with van der Waals surface area (Å²) in [5, 5.41) is 12.1. The normalized spacial score (nSPS) is 48.0. The molecular weight excluding hydrogens is 476 g/mol. The van der Waals surface area contributed by atoms with Gasteiger partial charge in [0.15, 0.2) is 0 Å². The van der Waals surface area contributed by atoms with Crippen LogP contribution in [0.2, 0.25) is 0 Å². The summed E-state index contributed by atoms with van der Waals surface area (Å²) < 4.78 is 5.59. The predicted octanol–water partition coefficient (Wildman–Crippen LogP) is 7.53. The van der Waals surface area contributed by atoms with E-state index in [9.17, 15) is 9.90 Å². The lowest BCUT2D eigenvalue weighted by molar-refractivity contribution is -0.219. The summed E-state index contributed by atoms with van der Waals surface area (Å²) in [6.07, 6.45) is 12.8. The van der Waals surface area contributed by atoms with Gasteiger partial charge in [-0.2, -0.15) is 0 Å². The number of hydrogen-bond donors (Lipinski definition) is 1. The van der Waals surface area contributed by atoms with Gasteiger partial charge in [0.2, 0.25) is 0 Å². The van der Waals surface area contributed by atoms with Crippen molar-refractivity contribution in [1.29, 1.82) is 0 Å². The van der Waals surface area contributed by atoms with Gasteiger partial charge in [0.1, 0.15) is 6.10 Å². The molecule has 33 heavy (non-hydrogen) atoms. The highest BCUT2D eigenvalue weighted by molar-refractivity contribution is 9.09. The third kappa shape index (κ3) is 4.36. The van der Waals surface area contributed by atoms with Crippen molar-refractivity contribution in [3.8, 4) is 0 Å². The molecule has 190 valence electrons. The van der Waals surface area contributed by atoms with E-state index in [1.54, 1.807) is 0 Å². The number of alkyl halides is 1. The molecule has 1 N–H and O–H groups in total. The predicted molar refractivity (Wildman–Crippen MR) is 138 cm³/mol. The van der Waals surface area contributed by atoms with E-state index in [0.29, 0.717) is 23.7 Å². The number of ether oxygens (including phenoxy) is 1. The molecule has 4 saturated carbocycles. The topological polar surface area (TPSA) is 46.5 Å². The van der Waals surface area contributed by atoms with Crippen molar-refractivity contribution in [2.45, 2.75) is 129 Å². The number of hydrogen-bond acceptors (Lipinski definition) is 3. The lowest BCUT2D eigenvalue weighted by Gasteiger charge is -2.65. The zero-order valence-electron chi connectivity index (χ0n) is 22.0. The Morgan fingerprint density at radius 2 is 1.79 bits per heavy atom. The van der Waals surface area contributed by atoms with Gasteiger partial charge in [-0.15, -0.1) is 0 Å². The van der Waals surface area contributed by atoms with E-state index in [1.807, 2.05) is 0 Å². The zero-order valence-corrected chi connectivity index (χ0v) is 23.6. The monoisotopic (exact) mass is 524 g/mol. The van der Waals surface area contributed by atoms with Gasteiger partial charge in [0.05, 0.1) is 5.60 Å². The van der Waals surface area contributed by atoms with Crippen molar-refractivity contribution >= 4 is 21.9 Å². The summed E-state index contributed by atoms with van der Waals surface area (Å²) in [7, 11) is 0. The van der Waals surface area contributed by atoms with Gasteiger partial charge >= 0.3 is 5.97 Å². The van der Waals surface area contributed by atoms with Gasteiger partial charge in [-0.05, 0) is 85.9 Å². The minimum Gasteiger partial charge on any atom is -0.462 e. The summed E-state index contributed by atoms with van der Waals surface area (Å²) in [4.78, 5) is 11.7. The van der Waals surface area contributed by atoms with E-state index < -0.39 is 5.60 Å². The lowest BCUT2D eigenvalue weighted by Crippen LogP contribution is -2.67. The number of fused-ring (bicyclic) bond motifs is 5. The maximum absolute atomic E-state index is 12.1. The summed E-state index contributed by atoms with van der Waals surface area (Å²) in [6, 6.07) is 0. The molecule has 0 heterocycles. The summed E-state index contributed by atoms with van der Waals surface area (Å²) in [6.45, 7) is 13.7. The van der Waals surface area contributed by atoms with E-state index in [2.05, 4.69) is 50.5 Å². The average molecular weight is 526 g/mol. The molecule has 4 fully saturated rings. The number of carbonyl (C=O) groups excluding carboxylic acids is 1. The Bertz CT molecular complexity index is 724. The molecule has 0 saturated heterocycles. The Hall–Kier alpha value is -0.0900. The smallest absolute Gasteiger partial charge is 0.302 e. The van der Waals surface area contributed by atoms with Crippen molar-refractivity contribution in [2.75, 3.05) is 0 Å². The van der Waals surface area contributed by atoms with Crippen LogP contribution in [-0.4, -0.2) is 27.6 Å². The molecule has 0 radical (unpaired) electrons. The molecule has 4 heteroatoms. The molecule has 0 aliphatic heterocycles. The molecule has 0 spiro atoms. The first kappa shape index (κ1) is 26.0. The second kappa shape index (κ2) is 9.41. The molecule has 0 aromatic heterocycles. The van der Waals surface area contributed by atoms with Crippen LogP contribution >= 0.6 is 15.9 Å². The maximum Gasteiger partial charge on any atom is 0.302 e. The summed E-state index contributed by atoms with van der Waals surface area (Å²) >= 11 is 3.99. The van der Waals surface area contributed by atoms with Crippen LogP contribution in [0.3, 0.4) is 0 Å². The van der Waals surface area contributed by atoms with E-state index in [4.69, 9.17) is 4.74 Å². The van der Waals surface area contributed by atoms with Crippen LogP contribution in [0.25, 0.3) is 0 Å². The fourth-order valence-corrected chi connectivity index (χ4v) is 10.7. The Morgan fingerprint density at radius 3 is 2.45 bits per heavy atom. The van der Waals surface area contributed by atoms with Gasteiger partial charge in [-0.25, -0.2) is 0 Å². The molecule has 3 nitrogen and oxygen atoms in total. The molecule has 10 atom stereocenters. The molecule has 0 bridgehead atoms. The van der Waals surface area contributed by atoms with Crippen LogP contribution in [-0.2, 0) is 9.53 Å². The number of halogens is 1. The Labute approximate surface area is 211 Å². The quantitative estimate of drug-likeness (QED) is 0.288. The van der Waals surface area contributed by atoms with Crippen molar-refractivity contribution in [3.05, 3.63) is 0 Å². The van der Waals surface area contributed by atoms with Crippen molar-refractivity contribution in [2.24, 2.45) is 46.3 Å². The van der Waals surface area contributed by atoms with E-state index in [-0.39, 0.29) is 22.3 Å². The maximum atomic E-state index is 12.1. The standard InChI is InChI=1S/C29H49BrO3/c1-18(2)8-7-9-19(3)23-10-11-24-22-16-26(30)29(32)17-21(33-20(4)31)12-15-28(29,6)25(22)13-14-27(23,24)5/h18-19,21-26,32H,7-17H2,1-6H3. The van der Waals surface area contributed by atoms with Crippen LogP contribution in [0.4, 0.5) is 0 Å². The SMILES string of the molecule is CC(=O)OC1CCC2(C)C3CCC4(C)C(C(C)CCCC(C)C)CCC4C3CC(Br)C2(O)C1. The van der Waals surface area contributed by atoms with E-state index >= 15 is 0 Å². The fourth-order valence-electron chi connectivity index (χ4n) is 9.55. The first-order valence-corrected chi connectivity index (χ1v) is 14.9. The van der Waals surface area contributed by atoms with Crippen molar-refractivity contribution in [1.82, 2.24) is 0 Å².